The third-order valence-corrected chi connectivity index (χ3v) is 3.09. The Morgan fingerprint density at radius 3 is 2.72 bits per heavy atom. The van der Waals surface area contributed by atoms with Crippen LogP contribution in [0.15, 0.2) is 46.9 Å². The summed E-state index contributed by atoms with van der Waals surface area (Å²) in [5.74, 6) is -0.148. The number of hydrogen-bond donors (Lipinski definition) is 2. The fraction of sp³-hybridized carbons (Fsp3) is 0.0714. The van der Waals surface area contributed by atoms with Gasteiger partial charge in [-0.05, 0) is 42.8 Å². The van der Waals surface area contributed by atoms with Crippen LogP contribution >= 0.6 is 15.9 Å². The second-order valence-electron chi connectivity index (χ2n) is 4.04. The standard InChI is InChI=1S/C14H13BrN2O/c1-9-5-6-12(16)8-13(9)17-14(18)10-3-2-4-11(15)7-10/h2-8H,16H2,1H3,(H,17,18). The van der Waals surface area contributed by atoms with Gasteiger partial charge in [0.15, 0.2) is 0 Å². The fourth-order valence-corrected chi connectivity index (χ4v) is 2.00. The second-order valence-corrected chi connectivity index (χ2v) is 4.95. The SMILES string of the molecule is Cc1ccc(N)cc1NC(=O)c1cccc(Br)c1. The van der Waals surface area contributed by atoms with Gasteiger partial charge in [0, 0.05) is 21.4 Å². The van der Waals surface area contributed by atoms with Gasteiger partial charge in [0.05, 0.1) is 0 Å². The van der Waals surface area contributed by atoms with Crippen LogP contribution in [-0.2, 0) is 0 Å². The van der Waals surface area contributed by atoms with Gasteiger partial charge in [-0.3, -0.25) is 4.79 Å². The van der Waals surface area contributed by atoms with E-state index in [2.05, 4.69) is 21.2 Å². The van der Waals surface area contributed by atoms with Gasteiger partial charge in [-0.25, -0.2) is 0 Å². The quantitative estimate of drug-likeness (QED) is 0.833. The number of benzene rings is 2. The highest BCUT2D eigenvalue weighted by atomic mass is 79.9. The fourth-order valence-electron chi connectivity index (χ4n) is 1.60. The maximum absolute atomic E-state index is 12.1. The number of hydrogen-bond acceptors (Lipinski definition) is 2. The number of aryl methyl sites for hydroxylation is 1. The van der Waals surface area contributed by atoms with E-state index in [4.69, 9.17) is 5.73 Å². The van der Waals surface area contributed by atoms with E-state index < -0.39 is 0 Å². The molecule has 2 rings (SSSR count). The lowest BCUT2D eigenvalue weighted by Crippen LogP contribution is -2.12. The molecule has 3 nitrogen and oxygen atoms in total. The van der Waals surface area contributed by atoms with Gasteiger partial charge < -0.3 is 11.1 Å². The molecule has 0 atom stereocenters. The van der Waals surface area contributed by atoms with Crippen LogP contribution in [0.3, 0.4) is 0 Å². The first-order valence-corrected chi connectivity index (χ1v) is 6.28. The summed E-state index contributed by atoms with van der Waals surface area (Å²) in [4.78, 5) is 12.1. The number of anilines is 2. The van der Waals surface area contributed by atoms with E-state index in [-0.39, 0.29) is 5.91 Å². The van der Waals surface area contributed by atoms with Crippen molar-refractivity contribution in [3.63, 3.8) is 0 Å². The molecule has 0 heterocycles. The molecule has 2 aromatic carbocycles. The molecule has 1 amide bonds. The minimum Gasteiger partial charge on any atom is -0.399 e. The zero-order valence-corrected chi connectivity index (χ0v) is 11.5. The average molecular weight is 305 g/mol. The Kier molecular flexibility index (Phi) is 3.67. The number of carbonyl (C=O) groups is 1. The molecule has 0 aliphatic rings. The minimum atomic E-state index is -0.148. The molecule has 0 saturated heterocycles. The highest BCUT2D eigenvalue weighted by Gasteiger charge is 2.08. The minimum absolute atomic E-state index is 0.148. The van der Waals surface area contributed by atoms with Crippen LogP contribution in [0.2, 0.25) is 0 Å². The Balaban J connectivity index is 2.24. The van der Waals surface area contributed by atoms with Crippen molar-refractivity contribution in [1.82, 2.24) is 0 Å². The van der Waals surface area contributed by atoms with E-state index in [1.54, 1.807) is 18.2 Å². The van der Waals surface area contributed by atoms with Crippen LogP contribution in [0, 0.1) is 6.92 Å². The van der Waals surface area contributed by atoms with Crippen LogP contribution in [0.4, 0.5) is 11.4 Å². The van der Waals surface area contributed by atoms with Crippen LogP contribution in [0.5, 0.6) is 0 Å². The summed E-state index contributed by atoms with van der Waals surface area (Å²) in [7, 11) is 0. The van der Waals surface area contributed by atoms with E-state index >= 15 is 0 Å². The predicted molar refractivity (Wildman–Crippen MR) is 77.7 cm³/mol. The Hall–Kier alpha value is -1.81. The first kappa shape index (κ1) is 12.6. The van der Waals surface area contributed by atoms with Crippen LogP contribution < -0.4 is 11.1 Å². The molecule has 2 aromatic rings. The number of nitrogens with one attached hydrogen (secondary N) is 1. The zero-order chi connectivity index (χ0) is 13.1. The maximum atomic E-state index is 12.1. The van der Waals surface area contributed by atoms with Gasteiger partial charge in [0.1, 0.15) is 0 Å². The molecule has 0 saturated carbocycles. The maximum Gasteiger partial charge on any atom is 0.255 e. The smallest absolute Gasteiger partial charge is 0.255 e. The first-order chi connectivity index (χ1) is 8.56. The number of nitrogens with two attached hydrogens (primary N) is 1. The largest absolute Gasteiger partial charge is 0.399 e. The molecule has 3 N–H and O–H groups in total. The van der Waals surface area contributed by atoms with Crippen molar-refractivity contribution in [2.45, 2.75) is 6.92 Å². The molecule has 0 fully saturated rings. The predicted octanol–water partition coefficient (Wildman–Crippen LogP) is 3.59. The summed E-state index contributed by atoms with van der Waals surface area (Å²) in [6.45, 7) is 1.93. The summed E-state index contributed by atoms with van der Waals surface area (Å²) in [5, 5.41) is 2.85. The summed E-state index contributed by atoms with van der Waals surface area (Å²) >= 11 is 3.34. The molecular weight excluding hydrogens is 292 g/mol. The molecular formula is C14H13BrN2O. The van der Waals surface area contributed by atoms with E-state index in [0.29, 0.717) is 11.3 Å². The monoisotopic (exact) mass is 304 g/mol. The highest BCUT2D eigenvalue weighted by Crippen LogP contribution is 2.19. The van der Waals surface area contributed by atoms with Crippen molar-refractivity contribution < 1.29 is 4.79 Å². The Labute approximate surface area is 114 Å². The van der Waals surface area contributed by atoms with Crippen molar-refractivity contribution in [1.29, 1.82) is 0 Å². The number of halogens is 1. The highest BCUT2D eigenvalue weighted by molar-refractivity contribution is 9.10. The third kappa shape index (κ3) is 2.90. The molecule has 0 spiro atoms. The van der Waals surface area contributed by atoms with Crippen molar-refractivity contribution in [3.05, 3.63) is 58.1 Å². The van der Waals surface area contributed by atoms with E-state index in [1.807, 2.05) is 31.2 Å². The molecule has 4 heteroatoms. The Bertz CT molecular complexity index is 596. The Morgan fingerprint density at radius 2 is 2.00 bits per heavy atom. The summed E-state index contributed by atoms with van der Waals surface area (Å²) in [5.41, 5.74) is 8.66. The average Bonchev–Trinajstić information content (AvgIpc) is 2.34. The van der Waals surface area contributed by atoms with Crippen molar-refractivity contribution in [3.8, 4) is 0 Å². The van der Waals surface area contributed by atoms with E-state index in [0.717, 1.165) is 15.7 Å². The lowest BCUT2D eigenvalue weighted by molar-refractivity contribution is 0.102. The van der Waals surface area contributed by atoms with Crippen LogP contribution in [0.25, 0.3) is 0 Å². The first-order valence-electron chi connectivity index (χ1n) is 5.49. The van der Waals surface area contributed by atoms with Crippen LogP contribution in [-0.4, -0.2) is 5.91 Å². The lowest BCUT2D eigenvalue weighted by Gasteiger charge is -2.09. The van der Waals surface area contributed by atoms with Crippen molar-refractivity contribution in [2.75, 3.05) is 11.1 Å². The topological polar surface area (TPSA) is 55.1 Å². The molecule has 0 aliphatic carbocycles. The van der Waals surface area contributed by atoms with Gasteiger partial charge in [0.2, 0.25) is 0 Å². The molecule has 0 bridgehead atoms. The molecule has 0 aromatic heterocycles. The number of carbonyl (C=O) groups excluding carboxylic acids is 1. The molecule has 0 aliphatic heterocycles. The van der Waals surface area contributed by atoms with Crippen molar-refractivity contribution in [2.24, 2.45) is 0 Å². The number of nitrogen functional groups attached to an aromatic ring is 1. The van der Waals surface area contributed by atoms with E-state index in [1.165, 1.54) is 0 Å². The summed E-state index contributed by atoms with van der Waals surface area (Å²) < 4.78 is 0.874. The third-order valence-electron chi connectivity index (χ3n) is 2.60. The zero-order valence-electron chi connectivity index (χ0n) is 9.91. The lowest BCUT2D eigenvalue weighted by atomic mass is 10.1. The molecule has 92 valence electrons. The van der Waals surface area contributed by atoms with Gasteiger partial charge in [-0.2, -0.15) is 0 Å². The van der Waals surface area contributed by atoms with Gasteiger partial charge in [0.25, 0.3) is 5.91 Å². The summed E-state index contributed by atoms with van der Waals surface area (Å²) in [6, 6.07) is 12.7. The number of amides is 1. The van der Waals surface area contributed by atoms with Crippen molar-refractivity contribution >= 4 is 33.2 Å². The second kappa shape index (κ2) is 5.23. The molecule has 18 heavy (non-hydrogen) atoms. The normalized spacial score (nSPS) is 10.1. The number of rotatable bonds is 2. The van der Waals surface area contributed by atoms with Gasteiger partial charge in [-0.15, -0.1) is 0 Å². The Morgan fingerprint density at radius 1 is 1.22 bits per heavy atom. The van der Waals surface area contributed by atoms with Gasteiger partial charge >= 0.3 is 0 Å². The van der Waals surface area contributed by atoms with E-state index in [9.17, 15) is 4.79 Å². The molecule has 0 radical (unpaired) electrons. The van der Waals surface area contributed by atoms with Gasteiger partial charge in [-0.1, -0.05) is 28.1 Å². The molecule has 0 unspecified atom stereocenters. The summed E-state index contributed by atoms with van der Waals surface area (Å²) in [6.07, 6.45) is 0. The van der Waals surface area contributed by atoms with Crippen LogP contribution in [0.1, 0.15) is 15.9 Å².